The van der Waals surface area contributed by atoms with E-state index in [-0.39, 0.29) is 5.78 Å². The minimum atomic E-state index is -0.152. The van der Waals surface area contributed by atoms with Crippen LogP contribution in [0, 0.1) is 0 Å². The van der Waals surface area contributed by atoms with E-state index in [1.807, 2.05) is 24.3 Å². The predicted molar refractivity (Wildman–Crippen MR) is 77.1 cm³/mol. The molecule has 0 aliphatic rings. The zero-order valence-electron chi connectivity index (χ0n) is 10.6. The van der Waals surface area contributed by atoms with Gasteiger partial charge in [-0.3, -0.25) is 14.8 Å². The van der Waals surface area contributed by atoms with E-state index < -0.39 is 0 Å². The number of para-hydroxylation sites is 2. The maximum atomic E-state index is 11.9. The van der Waals surface area contributed by atoms with E-state index in [0.717, 1.165) is 11.0 Å². The Hall–Kier alpha value is -2.88. The Morgan fingerprint density at radius 1 is 0.950 bits per heavy atom. The van der Waals surface area contributed by atoms with Gasteiger partial charge in [-0.05, 0) is 36.4 Å². The van der Waals surface area contributed by atoms with Gasteiger partial charge in [0.2, 0.25) is 5.78 Å². The summed E-state index contributed by atoms with van der Waals surface area (Å²) in [6.45, 7) is 0. The van der Waals surface area contributed by atoms with Crippen LogP contribution in [0.25, 0.3) is 17.1 Å². The summed E-state index contributed by atoms with van der Waals surface area (Å²) in [7, 11) is 0. The molecular formula is C16H11N3O. The van der Waals surface area contributed by atoms with Gasteiger partial charge in [-0.1, -0.05) is 18.2 Å². The Balaban J connectivity index is 1.85. The SMILES string of the molecule is O=C(/C=C/c1cnc2ccccc2n1)c1ccccn1. The molecular weight excluding hydrogens is 250 g/mol. The Kier molecular flexibility index (Phi) is 3.29. The van der Waals surface area contributed by atoms with Crippen molar-refractivity contribution in [2.45, 2.75) is 0 Å². The highest BCUT2D eigenvalue weighted by Crippen LogP contribution is 2.09. The lowest BCUT2D eigenvalue weighted by atomic mass is 10.2. The van der Waals surface area contributed by atoms with Crippen molar-refractivity contribution < 1.29 is 4.79 Å². The summed E-state index contributed by atoms with van der Waals surface area (Å²) >= 11 is 0. The molecule has 96 valence electrons. The summed E-state index contributed by atoms with van der Waals surface area (Å²) in [6.07, 6.45) is 6.35. The molecule has 0 atom stereocenters. The summed E-state index contributed by atoms with van der Waals surface area (Å²) in [5, 5.41) is 0. The molecule has 3 rings (SSSR count). The minimum Gasteiger partial charge on any atom is -0.288 e. The van der Waals surface area contributed by atoms with E-state index in [0.29, 0.717) is 11.4 Å². The number of hydrogen-bond donors (Lipinski definition) is 0. The Morgan fingerprint density at radius 3 is 2.55 bits per heavy atom. The molecule has 4 heteroatoms. The highest BCUT2D eigenvalue weighted by atomic mass is 16.1. The standard InChI is InChI=1S/C16H11N3O/c20-16(15-7-3-4-10-17-15)9-8-12-11-18-13-5-1-2-6-14(13)19-12/h1-11H/b9-8+. The van der Waals surface area contributed by atoms with Crippen molar-refractivity contribution in [3.8, 4) is 0 Å². The summed E-state index contributed by atoms with van der Waals surface area (Å²) in [6, 6.07) is 12.8. The van der Waals surface area contributed by atoms with Gasteiger partial charge >= 0.3 is 0 Å². The molecule has 20 heavy (non-hydrogen) atoms. The van der Waals surface area contributed by atoms with Gasteiger partial charge in [0, 0.05) is 6.20 Å². The van der Waals surface area contributed by atoms with Crippen molar-refractivity contribution in [3.05, 3.63) is 72.3 Å². The molecule has 0 saturated carbocycles. The van der Waals surface area contributed by atoms with Gasteiger partial charge in [0.25, 0.3) is 0 Å². The molecule has 0 aliphatic carbocycles. The number of hydrogen-bond acceptors (Lipinski definition) is 4. The number of aromatic nitrogens is 3. The van der Waals surface area contributed by atoms with Crippen molar-refractivity contribution in [2.75, 3.05) is 0 Å². The number of pyridine rings is 1. The predicted octanol–water partition coefficient (Wildman–Crippen LogP) is 2.92. The lowest BCUT2D eigenvalue weighted by Crippen LogP contribution is -1.97. The first-order chi connectivity index (χ1) is 9.83. The molecule has 0 amide bonds. The molecule has 2 aromatic heterocycles. The maximum absolute atomic E-state index is 11.9. The highest BCUT2D eigenvalue weighted by molar-refractivity contribution is 6.05. The first-order valence-electron chi connectivity index (χ1n) is 6.18. The number of nitrogens with zero attached hydrogens (tertiary/aromatic N) is 3. The molecule has 0 aliphatic heterocycles. The van der Waals surface area contributed by atoms with Gasteiger partial charge in [0.05, 0.1) is 22.9 Å². The Labute approximate surface area is 115 Å². The van der Waals surface area contributed by atoms with Crippen LogP contribution in [0.15, 0.2) is 60.9 Å². The fourth-order valence-corrected chi connectivity index (χ4v) is 1.81. The van der Waals surface area contributed by atoms with Crippen LogP contribution in [0.5, 0.6) is 0 Å². The smallest absolute Gasteiger partial charge is 0.204 e. The molecule has 0 spiro atoms. The first kappa shape index (κ1) is 12.2. The summed E-state index contributed by atoms with van der Waals surface area (Å²) in [4.78, 5) is 24.6. The molecule has 2 heterocycles. The third-order valence-electron chi connectivity index (χ3n) is 2.79. The van der Waals surface area contributed by atoms with Crippen LogP contribution in [0.4, 0.5) is 0 Å². The zero-order chi connectivity index (χ0) is 13.8. The third kappa shape index (κ3) is 2.59. The molecule has 0 bridgehead atoms. The number of rotatable bonds is 3. The number of ketones is 1. The van der Waals surface area contributed by atoms with Crippen LogP contribution >= 0.6 is 0 Å². The van der Waals surface area contributed by atoms with Crippen LogP contribution in [-0.2, 0) is 0 Å². The summed E-state index contributed by atoms with van der Waals surface area (Å²) in [5.74, 6) is -0.152. The molecule has 0 saturated heterocycles. The zero-order valence-corrected chi connectivity index (χ0v) is 10.6. The van der Waals surface area contributed by atoms with Gasteiger partial charge < -0.3 is 0 Å². The summed E-state index contributed by atoms with van der Waals surface area (Å²) in [5.41, 5.74) is 2.70. The average molecular weight is 261 g/mol. The molecule has 1 aromatic carbocycles. The van der Waals surface area contributed by atoms with Gasteiger partial charge in [-0.25, -0.2) is 4.98 Å². The Bertz CT molecular complexity index is 782. The van der Waals surface area contributed by atoms with E-state index >= 15 is 0 Å². The molecule has 0 unspecified atom stereocenters. The average Bonchev–Trinajstić information content (AvgIpc) is 2.53. The second-order valence-electron chi connectivity index (χ2n) is 4.20. The third-order valence-corrected chi connectivity index (χ3v) is 2.79. The lowest BCUT2D eigenvalue weighted by Gasteiger charge is -1.97. The fraction of sp³-hybridized carbons (Fsp3) is 0. The quantitative estimate of drug-likeness (QED) is 0.537. The van der Waals surface area contributed by atoms with Gasteiger partial charge in [-0.2, -0.15) is 0 Å². The molecule has 3 aromatic rings. The van der Waals surface area contributed by atoms with Crippen molar-refractivity contribution in [1.82, 2.24) is 15.0 Å². The number of carbonyl (C=O) groups is 1. The molecule has 4 nitrogen and oxygen atoms in total. The summed E-state index contributed by atoms with van der Waals surface area (Å²) < 4.78 is 0. The highest BCUT2D eigenvalue weighted by Gasteiger charge is 2.02. The molecule has 0 N–H and O–H groups in total. The van der Waals surface area contributed by atoms with E-state index in [4.69, 9.17) is 0 Å². The van der Waals surface area contributed by atoms with E-state index in [1.165, 1.54) is 6.08 Å². The molecule has 0 fully saturated rings. The van der Waals surface area contributed by atoms with Gasteiger partial charge in [0.1, 0.15) is 5.69 Å². The first-order valence-corrected chi connectivity index (χ1v) is 6.18. The lowest BCUT2D eigenvalue weighted by molar-refractivity contribution is 0.104. The monoisotopic (exact) mass is 261 g/mol. The normalized spacial score (nSPS) is 11.0. The maximum Gasteiger partial charge on any atom is 0.204 e. The van der Waals surface area contributed by atoms with Crippen molar-refractivity contribution in [3.63, 3.8) is 0 Å². The van der Waals surface area contributed by atoms with Crippen molar-refractivity contribution in [2.24, 2.45) is 0 Å². The van der Waals surface area contributed by atoms with Gasteiger partial charge in [0.15, 0.2) is 0 Å². The van der Waals surface area contributed by atoms with Crippen molar-refractivity contribution >= 4 is 22.9 Å². The van der Waals surface area contributed by atoms with E-state index in [1.54, 1.807) is 36.7 Å². The van der Waals surface area contributed by atoms with E-state index in [2.05, 4.69) is 15.0 Å². The fourth-order valence-electron chi connectivity index (χ4n) is 1.81. The molecule has 0 radical (unpaired) electrons. The van der Waals surface area contributed by atoms with Crippen molar-refractivity contribution in [1.29, 1.82) is 0 Å². The Morgan fingerprint density at radius 2 is 1.75 bits per heavy atom. The van der Waals surface area contributed by atoms with Gasteiger partial charge in [-0.15, -0.1) is 0 Å². The van der Waals surface area contributed by atoms with Crippen LogP contribution in [0.2, 0.25) is 0 Å². The minimum absolute atomic E-state index is 0.152. The van der Waals surface area contributed by atoms with E-state index in [9.17, 15) is 4.79 Å². The van der Waals surface area contributed by atoms with Crippen LogP contribution in [0.1, 0.15) is 16.2 Å². The number of carbonyl (C=O) groups excluding carboxylic acids is 1. The second kappa shape index (κ2) is 5.40. The largest absolute Gasteiger partial charge is 0.288 e. The second-order valence-corrected chi connectivity index (χ2v) is 4.20. The topological polar surface area (TPSA) is 55.7 Å². The van der Waals surface area contributed by atoms with Crippen LogP contribution in [-0.4, -0.2) is 20.7 Å². The number of benzene rings is 1. The number of fused-ring (bicyclic) bond motifs is 1. The van der Waals surface area contributed by atoms with Crippen LogP contribution in [0.3, 0.4) is 0 Å². The van der Waals surface area contributed by atoms with Crippen LogP contribution < -0.4 is 0 Å². The number of allylic oxidation sites excluding steroid dienone is 1.